The van der Waals surface area contributed by atoms with Crippen LogP contribution in [-0.2, 0) is 6.54 Å². The molecule has 1 aliphatic heterocycles. The number of aliphatic hydroxyl groups is 1. The van der Waals surface area contributed by atoms with E-state index in [0.717, 1.165) is 30.8 Å². The Morgan fingerprint density at radius 3 is 2.90 bits per heavy atom. The maximum Gasteiger partial charge on any atom is 0.269 e. The van der Waals surface area contributed by atoms with Gasteiger partial charge in [-0.3, -0.25) is 15.0 Å². The number of hydrogen-bond acceptors (Lipinski definition) is 5. The van der Waals surface area contributed by atoms with Gasteiger partial charge in [-0.1, -0.05) is 6.92 Å². The average molecular weight is 279 g/mol. The van der Waals surface area contributed by atoms with Crippen LogP contribution in [0.4, 0.5) is 11.4 Å². The molecule has 110 valence electrons. The molecule has 2 N–H and O–H groups in total. The van der Waals surface area contributed by atoms with E-state index in [9.17, 15) is 15.2 Å². The van der Waals surface area contributed by atoms with Gasteiger partial charge in [-0.25, -0.2) is 0 Å². The third-order valence-electron chi connectivity index (χ3n) is 3.91. The molecule has 1 aromatic carbocycles. The molecule has 2 unspecified atom stereocenters. The van der Waals surface area contributed by atoms with Gasteiger partial charge in [-0.15, -0.1) is 0 Å². The highest BCUT2D eigenvalue weighted by atomic mass is 16.6. The fraction of sp³-hybridized carbons (Fsp3) is 0.571. The Kier molecular flexibility index (Phi) is 4.57. The summed E-state index contributed by atoms with van der Waals surface area (Å²) >= 11 is 0. The van der Waals surface area contributed by atoms with Crippen molar-refractivity contribution in [2.24, 2.45) is 5.92 Å². The van der Waals surface area contributed by atoms with E-state index in [0.29, 0.717) is 6.54 Å². The van der Waals surface area contributed by atoms with Gasteiger partial charge in [0.25, 0.3) is 5.69 Å². The number of nitrogens with one attached hydrogen (secondary N) is 1. The van der Waals surface area contributed by atoms with E-state index in [1.807, 2.05) is 14.0 Å². The highest BCUT2D eigenvalue weighted by Gasteiger charge is 2.24. The van der Waals surface area contributed by atoms with Crippen molar-refractivity contribution in [2.75, 3.05) is 25.5 Å². The molecule has 0 bridgehead atoms. The van der Waals surface area contributed by atoms with Crippen molar-refractivity contribution in [1.82, 2.24) is 4.90 Å². The van der Waals surface area contributed by atoms with Crippen molar-refractivity contribution < 1.29 is 10.0 Å². The Bertz CT molecular complexity index is 493. The van der Waals surface area contributed by atoms with Crippen LogP contribution >= 0.6 is 0 Å². The molecule has 6 nitrogen and oxygen atoms in total. The van der Waals surface area contributed by atoms with Gasteiger partial charge in [-0.2, -0.15) is 0 Å². The number of benzene rings is 1. The summed E-state index contributed by atoms with van der Waals surface area (Å²) in [4.78, 5) is 12.7. The maximum atomic E-state index is 10.9. The predicted octanol–water partition coefficient (Wildman–Crippen LogP) is 1.84. The summed E-state index contributed by atoms with van der Waals surface area (Å²) in [5.74, 6) is 0.237. The molecule has 0 amide bonds. The normalized spacial score (nSPS) is 23.6. The molecule has 0 spiro atoms. The zero-order valence-corrected chi connectivity index (χ0v) is 11.9. The molecule has 2 atom stereocenters. The molecule has 1 fully saturated rings. The molecule has 6 heteroatoms. The molecule has 1 saturated heterocycles. The minimum atomic E-state index is -0.370. The standard InChI is InChI=1S/C14H21N3O3/c1-10-8-16(6-5-14(10)18)9-11-7-12(17(19)20)3-4-13(11)15-2/h3-4,7,10,14-15,18H,5-6,8-9H2,1-2H3. The van der Waals surface area contributed by atoms with Crippen LogP contribution in [0.2, 0.25) is 0 Å². The molecule has 0 aromatic heterocycles. The zero-order chi connectivity index (χ0) is 14.7. The molecule has 1 aliphatic rings. The van der Waals surface area contributed by atoms with Gasteiger partial charge in [-0.05, 0) is 24.0 Å². The van der Waals surface area contributed by atoms with E-state index in [2.05, 4.69) is 10.2 Å². The van der Waals surface area contributed by atoms with Crippen LogP contribution in [0.5, 0.6) is 0 Å². The van der Waals surface area contributed by atoms with Gasteiger partial charge in [0.1, 0.15) is 0 Å². The SMILES string of the molecule is CNc1ccc([N+](=O)[O-])cc1CN1CCC(O)C(C)C1. The van der Waals surface area contributed by atoms with Crippen molar-refractivity contribution in [1.29, 1.82) is 0 Å². The van der Waals surface area contributed by atoms with Crippen LogP contribution < -0.4 is 5.32 Å². The number of rotatable bonds is 4. The first-order valence-corrected chi connectivity index (χ1v) is 6.86. The summed E-state index contributed by atoms with van der Waals surface area (Å²) in [5.41, 5.74) is 1.95. The van der Waals surface area contributed by atoms with E-state index >= 15 is 0 Å². The average Bonchev–Trinajstić information content (AvgIpc) is 2.42. The summed E-state index contributed by atoms with van der Waals surface area (Å²) < 4.78 is 0. The van der Waals surface area contributed by atoms with Crippen molar-refractivity contribution in [3.05, 3.63) is 33.9 Å². The van der Waals surface area contributed by atoms with Gasteiger partial charge in [0.15, 0.2) is 0 Å². The zero-order valence-electron chi connectivity index (χ0n) is 11.9. The molecular weight excluding hydrogens is 258 g/mol. The summed E-state index contributed by atoms with van der Waals surface area (Å²) in [6.07, 6.45) is 0.519. The smallest absolute Gasteiger partial charge is 0.269 e. The van der Waals surface area contributed by atoms with E-state index in [4.69, 9.17) is 0 Å². The number of piperidine rings is 1. The third kappa shape index (κ3) is 3.26. The Morgan fingerprint density at radius 2 is 2.30 bits per heavy atom. The van der Waals surface area contributed by atoms with Gasteiger partial charge in [0, 0.05) is 44.5 Å². The Labute approximate surface area is 118 Å². The topological polar surface area (TPSA) is 78.6 Å². The number of hydrogen-bond donors (Lipinski definition) is 2. The number of aliphatic hydroxyl groups excluding tert-OH is 1. The number of anilines is 1. The lowest BCUT2D eigenvalue weighted by Crippen LogP contribution is -2.41. The monoisotopic (exact) mass is 279 g/mol. The van der Waals surface area contributed by atoms with Crippen LogP contribution in [0.15, 0.2) is 18.2 Å². The number of nitro groups is 1. The second kappa shape index (κ2) is 6.19. The highest BCUT2D eigenvalue weighted by Crippen LogP contribution is 2.25. The first-order valence-electron chi connectivity index (χ1n) is 6.86. The van der Waals surface area contributed by atoms with E-state index in [-0.39, 0.29) is 22.6 Å². The van der Waals surface area contributed by atoms with Crippen LogP contribution in [0.1, 0.15) is 18.9 Å². The van der Waals surface area contributed by atoms with Crippen molar-refractivity contribution in [3.8, 4) is 0 Å². The summed E-state index contributed by atoms with van der Waals surface area (Å²) in [5, 5.41) is 23.7. The summed E-state index contributed by atoms with van der Waals surface area (Å²) in [6.45, 7) is 4.32. The number of non-ortho nitro benzene ring substituents is 1. The molecule has 0 radical (unpaired) electrons. The van der Waals surface area contributed by atoms with Crippen LogP contribution in [0.25, 0.3) is 0 Å². The first-order chi connectivity index (χ1) is 9.51. The molecule has 20 heavy (non-hydrogen) atoms. The van der Waals surface area contributed by atoms with Crippen molar-refractivity contribution >= 4 is 11.4 Å². The van der Waals surface area contributed by atoms with Gasteiger partial charge >= 0.3 is 0 Å². The van der Waals surface area contributed by atoms with E-state index in [1.54, 1.807) is 12.1 Å². The fourth-order valence-corrected chi connectivity index (χ4v) is 2.67. The van der Waals surface area contributed by atoms with E-state index in [1.165, 1.54) is 6.07 Å². The van der Waals surface area contributed by atoms with Crippen LogP contribution in [-0.4, -0.2) is 41.2 Å². The minimum absolute atomic E-state index is 0.115. The van der Waals surface area contributed by atoms with Crippen molar-refractivity contribution in [3.63, 3.8) is 0 Å². The molecule has 1 aromatic rings. The first kappa shape index (κ1) is 14.7. The summed E-state index contributed by atoms with van der Waals surface area (Å²) in [7, 11) is 1.81. The second-order valence-electron chi connectivity index (χ2n) is 5.42. The van der Waals surface area contributed by atoms with Gasteiger partial charge in [0.2, 0.25) is 0 Å². The largest absolute Gasteiger partial charge is 0.393 e. The summed E-state index contributed by atoms with van der Waals surface area (Å²) in [6, 6.07) is 4.88. The fourth-order valence-electron chi connectivity index (χ4n) is 2.67. The van der Waals surface area contributed by atoms with E-state index < -0.39 is 0 Å². The number of nitro benzene ring substituents is 1. The second-order valence-corrected chi connectivity index (χ2v) is 5.42. The molecule has 0 saturated carbocycles. The third-order valence-corrected chi connectivity index (χ3v) is 3.91. The Hall–Kier alpha value is -1.66. The van der Waals surface area contributed by atoms with Crippen LogP contribution in [0.3, 0.4) is 0 Å². The number of nitrogens with zero attached hydrogens (tertiary/aromatic N) is 2. The lowest BCUT2D eigenvalue weighted by atomic mass is 9.96. The van der Waals surface area contributed by atoms with Crippen molar-refractivity contribution in [2.45, 2.75) is 26.0 Å². The molecular formula is C14H21N3O3. The lowest BCUT2D eigenvalue weighted by molar-refractivity contribution is -0.384. The Morgan fingerprint density at radius 1 is 1.55 bits per heavy atom. The van der Waals surface area contributed by atoms with Gasteiger partial charge < -0.3 is 10.4 Å². The molecule has 0 aliphatic carbocycles. The predicted molar refractivity (Wildman–Crippen MR) is 77.7 cm³/mol. The Balaban J connectivity index is 2.15. The quantitative estimate of drug-likeness (QED) is 0.649. The van der Waals surface area contributed by atoms with Crippen LogP contribution in [0, 0.1) is 16.0 Å². The molecule has 1 heterocycles. The number of likely N-dealkylation sites (tertiary alicyclic amines) is 1. The lowest BCUT2D eigenvalue weighted by Gasteiger charge is -2.34. The highest BCUT2D eigenvalue weighted by molar-refractivity contribution is 5.55. The minimum Gasteiger partial charge on any atom is -0.393 e. The van der Waals surface area contributed by atoms with Gasteiger partial charge in [0.05, 0.1) is 11.0 Å². The molecule has 2 rings (SSSR count). The maximum absolute atomic E-state index is 10.9.